The molecule has 42 heavy (non-hydrogen) atoms. The van der Waals surface area contributed by atoms with Crippen LogP contribution in [0.2, 0.25) is 0 Å². The molecule has 0 spiro atoms. The van der Waals surface area contributed by atoms with Gasteiger partial charge < -0.3 is 19.5 Å². The molecule has 1 fully saturated rings. The fraction of sp³-hybridized carbons (Fsp3) is 0.323. The van der Waals surface area contributed by atoms with Gasteiger partial charge in [0.1, 0.15) is 18.1 Å². The molecule has 1 N–H and O–H groups in total. The van der Waals surface area contributed by atoms with E-state index in [0.29, 0.717) is 39.3 Å². The highest BCUT2D eigenvalue weighted by atomic mass is 16.7. The van der Waals surface area contributed by atoms with Crippen LogP contribution in [0.25, 0.3) is 11.0 Å². The molecule has 0 bridgehead atoms. The van der Waals surface area contributed by atoms with Gasteiger partial charge in [-0.15, -0.1) is 5.10 Å². The summed E-state index contributed by atoms with van der Waals surface area (Å²) in [5, 5.41) is 11.6. The maximum atomic E-state index is 14.3. The third-order valence-corrected chi connectivity index (χ3v) is 7.71. The number of hydrogen-bond donors (Lipinski definition) is 1. The lowest BCUT2D eigenvalue weighted by Crippen LogP contribution is -2.48. The molecule has 1 aliphatic carbocycles. The van der Waals surface area contributed by atoms with E-state index < -0.39 is 12.0 Å². The zero-order valence-electron chi connectivity index (χ0n) is 23.2. The predicted molar refractivity (Wildman–Crippen MR) is 153 cm³/mol. The lowest BCUT2D eigenvalue weighted by molar-refractivity contribution is -0.127. The van der Waals surface area contributed by atoms with E-state index in [1.165, 1.54) is 16.7 Å². The van der Waals surface area contributed by atoms with E-state index in [4.69, 9.17) is 14.2 Å². The van der Waals surface area contributed by atoms with E-state index in [-0.39, 0.29) is 31.2 Å². The summed E-state index contributed by atoms with van der Waals surface area (Å²) in [4.78, 5) is 42.1. The molecule has 2 heterocycles. The first-order valence-electron chi connectivity index (χ1n) is 14.0. The number of nitrogens with one attached hydrogen (secondary N) is 1. The fourth-order valence-electron chi connectivity index (χ4n) is 5.57. The Kier molecular flexibility index (Phi) is 7.72. The van der Waals surface area contributed by atoms with E-state index >= 15 is 0 Å². The number of nitrogens with zero attached hydrogens (tertiary/aromatic N) is 4. The van der Waals surface area contributed by atoms with Gasteiger partial charge in [0.2, 0.25) is 18.6 Å². The van der Waals surface area contributed by atoms with Crippen molar-refractivity contribution < 1.29 is 28.6 Å². The summed E-state index contributed by atoms with van der Waals surface area (Å²) in [5.41, 5.74) is 2.68. The van der Waals surface area contributed by atoms with Gasteiger partial charge in [-0.05, 0) is 54.8 Å². The van der Waals surface area contributed by atoms with Crippen LogP contribution in [0.3, 0.4) is 0 Å². The number of carbonyl (C=O) groups is 3. The number of benzene rings is 3. The molecular formula is C31H31N5O6. The normalized spacial score (nSPS) is 15.3. The van der Waals surface area contributed by atoms with Gasteiger partial charge >= 0.3 is 5.97 Å². The number of anilines is 1. The molecule has 2 aliphatic rings. The van der Waals surface area contributed by atoms with Gasteiger partial charge in [-0.2, -0.15) is 0 Å². The molecule has 1 unspecified atom stereocenters. The molecule has 0 radical (unpaired) electrons. The molecule has 1 atom stereocenters. The molecular weight excluding hydrogens is 538 g/mol. The van der Waals surface area contributed by atoms with Gasteiger partial charge in [0.15, 0.2) is 11.5 Å². The van der Waals surface area contributed by atoms with E-state index in [1.54, 1.807) is 42.5 Å². The Bertz CT molecular complexity index is 1610. The number of aromatic nitrogens is 3. The van der Waals surface area contributed by atoms with Crippen molar-refractivity contribution in [3.05, 3.63) is 77.9 Å². The second-order valence-electron chi connectivity index (χ2n) is 10.4. The average Bonchev–Trinajstić information content (AvgIpc) is 3.66. The third kappa shape index (κ3) is 5.50. The highest BCUT2D eigenvalue weighted by Crippen LogP contribution is 2.38. The van der Waals surface area contributed by atoms with Crippen molar-refractivity contribution in [3.63, 3.8) is 0 Å². The number of fused-ring (bicyclic) bond motifs is 2. The Morgan fingerprint density at radius 2 is 1.76 bits per heavy atom. The maximum absolute atomic E-state index is 14.3. The molecule has 2 amide bonds. The predicted octanol–water partition coefficient (Wildman–Crippen LogP) is 4.17. The summed E-state index contributed by atoms with van der Waals surface area (Å²) in [6, 6.07) is 18.0. The highest BCUT2D eigenvalue weighted by Gasteiger charge is 2.35. The van der Waals surface area contributed by atoms with Crippen LogP contribution in [0.4, 0.5) is 5.69 Å². The molecule has 6 rings (SSSR count). The Morgan fingerprint density at radius 1 is 1.00 bits per heavy atom. The second kappa shape index (κ2) is 11.9. The summed E-state index contributed by atoms with van der Waals surface area (Å²) < 4.78 is 17.5. The molecule has 4 aromatic rings. The van der Waals surface area contributed by atoms with Gasteiger partial charge in [0, 0.05) is 17.8 Å². The second-order valence-corrected chi connectivity index (χ2v) is 10.4. The van der Waals surface area contributed by atoms with Crippen LogP contribution in [-0.2, 0) is 20.9 Å². The van der Waals surface area contributed by atoms with Crippen LogP contribution in [0.1, 0.15) is 54.1 Å². The average molecular weight is 570 g/mol. The minimum Gasteiger partial charge on any atom is -0.465 e. The van der Waals surface area contributed by atoms with Gasteiger partial charge in [0.25, 0.3) is 0 Å². The van der Waals surface area contributed by atoms with E-state index in [1.807, 2.05) is 24.3 Å². The van der Waals surface area contributed by atoms with Gasteiger partial charge in [-0.25, -0.2) is 9.48 Å². The lowest BCUT2D eigenvalue weighted by atomic mass is 9.94. The smallest absolute Gasteiger partial charge is 0.337 e. The van der Waals surface area contributed by atoms with Crippen LogP contribution in [0, 0.1) is 0 Å². The molecule has 3 aromatic carbocycles. The summed E-state index contributed by atoms with van der Waals surface area (Å²) >= 11 is 0. The summed E-state index contributed by atoms with van der Waals surface area (Å²) in [6.07, 6.45) is 4.96. The first-order valence-corrected chi connectivity index (χ1v) is 14.0. The van der Waals surface area contributed by atoms with Crippen molar-refractivity contribution >= 4 is 34.5 Å². The number of rotatable bonds is 8. The Morgan fingerprint density at radius 3 is 2.55 bits per heavy atom. The number of ether oxygens (including phenoxy) is 3. The minimum atomic E-state index is -1.05. The molecule has 11 heteroatoms. The molecule has 216 valence electrons. The lowest BCUT2D eigenvalue weighted by Gasteiger charge is -2.33. The molecule has 1 aliphatic heterocycles. The van der Waals surface area contributed by atoms with Gasteiger partial charge in [-0.1, -0.05) is 48.7 Å². The summed E-state index contributed by atoms with van der Waals surface area (Å²) in [6.45, 7) is -0.0966. The van der Waals surface area contributed by atoms with Crippen molar-refractivity contribution in [2.24, 2.45) is 0 Å². The molecule has 11 nitrogen and oxygen atoms in total. The topological polar surface area (TPSA) is 125 Å². The highest BCUT2D eigenvalue weighted by molar-refractivity contribution is 6.02. The molecule has 0 saturated heterocycles. The number of para-hydroxylation sites is 1. The van der Waals surface area contributed by atoms with E-state index in [0.717, 1.165) is 32.1 Å². The largest absolute Gasteiger partial charge is 0.465 e. The van der Waals surface area contributed by atoms with Crippen LogP contribution >= 0.6 is 0 Å². The Hall–Kier alpha value is -4.93. The number of esters is 1. The standard InChI is InChI=1S/C31H31N5O6/c1-40-31(39)21-13-11-20(12-14-21)29(30(38)32-22-7-3-2-4-8-22)36(23-15-16-26-27(17-23)42-19-41-26)28(37)18-35-25-10-6-5-9-24(25)33-34-35/h5-6,9-17,22,29H,2-4,7-8,18-19H2,1H3,(H,32,38). The van der Waals surface area contributed by atoms with Crippen molar-refractivity contribution in [1.29, 1.82) is 0 Å². The van der Waals surface area contributed by atoms with E-state index in [2.05, 4.69) is 15.6 Å². The first-order chi connectivity index (χ1) is 20.5. The maximum Gasteiger partial charge on any atom is 0.337 e. The zero-order chi connectivity index (χ0) is 29.1. The van der Waals surface area contributed by atoms with Crippen molar-refractivity contribution in [1.82, 2.24) is 20.3 Å². The Labute approximate surface area is 242 Å². The van der Waals surface area contributed by atoms with E-state index in [9.17, 15) is 14.4 Å². The first kappa shape index (κ1) is 27.3. The quantitative estimate of drug-likeness (QED) is 0.314. The third-order valence-electron chi connectivity index (χ3n) is 7.71. The summed E-state index contributed by atoms with van der Waals surface area (Å²) in [5.74, 6) is -0.165. The number of hydrogen-bond acceptors (Lipinski definition) is 8. The molecule has 1 aromatic heterocycles. The molecule has 1 saturated carbocycles. The SMILES string of the molecule is COC(=O)c1ccc(C(C(=O)NC2CCCCC2)N(C(=O)Cn2nnc3ccccc32)c2ccc3c(c2)OCO3)cc1. The number of amides is 2. The number of methoxy groups -OCH3 is 1. The van der Waals surface area contributed by atoms with Crippen LogP contribution in [0.15, 0.2) is 66.7 Å². The van der Waals surface area contributed by atoms with Crippen molar-refractivity contribution in [2.75, 3.05) is 18.8 Å². The van der Waals surface area contributed by atoms with Crippen LogP contribution < -0.4 is 19.7 Å². The zero-order valence-corrected chi connectivity index (χ0v) is 23.2. The monoisotopic (exact) mass is 569 g/mol. The van der Waals surface area contributed by atoms with Gasteiger partial charge in [0.05, 0.1) is 18.2 Å². The van der Waals surface area contributed by atoms with Crippen LogP contribution in [-0.4, -0.2) is 52.7 Å². The minimum absolute atomic E-state index is 0.0102. The fourth-order valence-corrected chi connectivity index (χ4v) is 5.57. The summed E-state index contributed by atoms with van der Waals surface area (Å²) in [7, 11) is 1.31. The number of carbonyl (C=O) groups excluding carboxylic acids is 3. The van der Waals surface area contributed by atoms with Crippen LogP contribution in [0.5, 0.6) is 11.5 Å². The van der Waals surface area contributed by atoms with Gasteiger partial charge in [-0.3, -0.25) is 14.5 Å². The Balaban J connectivity index is 1.43. The van der Waals surface area contributed by atoms with Crippen molar-refractivity contribution in [2.45, 2.75) is 50.7 Å². The van der Waals surface area contributed by atoms with Crippen molar-refractivity contribution in [3.8, 4) is 11.5 Å².